The van der Waals surface area contributed by atoms with Crippen molar-refractivity contribution < 1.29 is 24.0 Å². The molecule has 0 bridgehead atoms. The molecule has 0 unspecified atom stereocenters. The van der Waals surface area contributed by atoms with E-state index in [4.69, 9.17) is 0 Å². The fourth-order valence-electron chi connectivity index (χ4n) is 2.61. The van der Waals surface area contributed by atoms with Crippen LogP contribution in [0.5, 0.6) is 0 Å². The number of hydrogen-bond donors (Lipinski definition) is 2. The van der Waals surface area contributed by atoms with Gasteiger partial charge in [-0.1, -0.05) is 12.1 Å². The van der Waals surface area contributed by atoms with Crippen LogP contribution >= 0.6 is 0 Å². The molecule has 22 heavy (non-hydrogen) atoms. The molecule has 1 aliphatic heterocycles. The number of nitrogens with one attached hydrogen (secondary N) is 1. The number of hydrogen-bond acceptors (Lipinski definition) is 3. The van der Waals surface area contributed by atoms with E-state index >= 15 is 0 Å². The van der Waals surface area contributed by atoms with Crippen LogP contribution in [0, 0.1) is 5.82 Å². The van der Waals surface area contributed by atoms with Crippen molar-refractivity contribution in [3.63, 3.8) is 0 Å². The highest BCUT2D eigenvalue weighted by molar-refractivity contribution is 6.08. The number of quaternary nitrogens is 1. The molecule has 1 aromatic rings. The van der Waals surface area contributed by atoms with Crippen LogP contribution in [0.25, 0.3) is 0 Å². The van der Waals surface area contributed by atoms with Crippen molar-refractivity contribution >= 4 is 11.7 Å². The van der Waals surface area contributed by atoms with E-state index < -0.39 is 23.5 Å². The molecule has 0 saturated carbocycles. The summed E-state index contributed by atoms with van der Waals surface area (Å²) < 4.78 is 13.5. The molecule has 0 aliphatic carbocycles. The molecule has 1 aliphatic rings. The van der Waals surface area contributed by atoms with Crippen LogP contribution in [0.4, 0.5) is 4.39 Å². The van der Waals surface area contributed by atoms with Crippen molar-refractivity contribution in [2.45, 2.75) is 13.0 Å². The summed E-state index contributed by atoms with van der Waals surface area (Å²) in [6, 6.07) is 5.02. The predicted octanol–water partition coefficient (Wildman–Crippen LogP) is 0.255. The van der Waals surface area contributed by atoms with Crippen molar-refractivity contribution in [1.82, 2.24) is 4.90 Å². The van der Waals surface area contributed by atoms with Gasteiger partial charge in [-0.3, -0.25) is 9.59 Å². The Kier molecular flexibility index (Phi) is 4.61. The maximum atomic E-state index is 13.5. The van der Waals surface area contributed by atoms with Crippen LogP contribution in [0.2, 0.25) is 0 Å². The summed E-state index contributed by atoms with van der Waals surface area (Å²) in [6.07, 6.45) is 0. The SMILES string of the molecule is CC(=O)C1=C(O)C(=O)N(CC[NH+](C)C)[C@H]1c1cccc(F)c1. The number of likely N-dealkylation sites (N-methyl/N-ethyl adjacent to an activating group) is 1. The van der Waals surface area contributed by atoms with E-state index in [0.717, 1.165) is 4.90 Å². The number of aliphatic hydroxyl groups excluding tert-OH is 1. The molecule has 5 nitrogen and oxygen atoms in total. The zero-order valence-corrected chi connectivity index (χ0v) is 12.9. The monoisotopic (exact) mass is 307 g/mol. The number of halogens is 1. The van der Waals surface area contributed by atoms with E-state index in [1.807, 2.05) is 14.1 Å². The normalized spacial score (nSPS) is 18.5. The lowest BCUT2D eigenvalue weighted by molar-refractivity contribution is -0.857. The summed E-state index contributed by atoms with van der Waals surface area (Å²) in [5, 5.41) is 10.0. The summed E-state index contributed by atoms with van der Waals surface area (Å²) in [5.41, 5.74) is 0.515. The Morgan fingerprint density at radius 1 is 1.41 bits per heavy atom. The number of benzene rings is 1. The minimum atomic E-state index is -0.736. The number of carbonyl (C=O) groups is 2. The van der Waals surface area contributed by atoms with E-state index in [2.05, 4.69) is 0 Å². The summed E-state index contributed by atoms with van der Waals surface area (Å²) >= 11 is 0. The Morgan fingerprint density at radius 3 is 2.64 bits per heavy atom. The first-order valence-electron chi connectivity index (χ1n) is 7.12. The van der Waals surface area contributed by atoms with Gasteiger partial charge in [0, 0.05) is 0 Å². The highest BCUT2D eigenvalue weighted by atomic mass is 19.1. The number of carbonyl (C=O) groups excluding carboxylic acids is 2. The van der Waals surface area contributed by atoms with Gasteiger partial charge in [-0.2, -0.15) is 0 Å². The Hall–Kier alpha value is -2.21. The Bertz CT molecular complexity index is 640. The van der Waals surface area contributed by atoms with Crippen molar-refractivity contribution in [2.24, 2.45) is 0 Å². The van der Waals surface area contributed by atoms with Crippen LogP contribution in [-0.2, 0) is 9.59 Å². The average Bonchev–Trinajstić information content (AvgIpc) is 2.69. The van der Waals surface area contributed by atoms with E-state index in [1.54, 1.807) is 6.07 Å². The van der Waals surface area contributed by atoms with Crippen LogP contribution < -0.4 is 4.90 Å². The van der Waals surface area contributed by atoms with Crippen LogP contribution in [0.3, 0.4) is 0 Å². The van der Waals surface area contributed by atoms with Crippen LogP contribution in [0.1, 0.15) is 18.5 Å². The summed E-state index contributed by atoms with van der Waals surface area (Å²) in [5.74, 6) is -1.95. The minimum Gasteiger partial charge on any atom is -0.503 e. The lowest BCUT2D eigenvalue weighted by Gasteiger charge is -2.26. The lowest BCUT2D eigenvalue weighted by Crippen LogP contribution is -3.06. The first-order valence-corrected chi connectivity index (χ1v) is 7.12. The molecule has 2 rings (SSSR count). The summed E-state index contributed by atoms with van der Waals surface area (Å²) in [7, 11) is 3.88. The maximum absolute atomic E-state index is 13.5. The van der Waals surface area contributed by atoms with Gasteiger partial charge in [-0.25, -0.2) is 4.39 Å². The smallest absolute Gasteiger partial charge is 0.290 e. The fraction of sp³-hybridized carbons (Fsp3) is 0.375. The molecule has 0 spiro atoms. The van der Waals surface area contributed by atoms with E-state index in [9.17, 15) is 19.1 Å². The molecular formula is C16H20FN2O3+. The summed E-state index contributed by atoms with van der Waals surface area (Å²) in [6.45, 7) is 2.31. The van der Waals surface area contributed by atoms with Crippen molar-refractivity contribution in [3.05, 3.63) is 47.0 Å². The molecule has 118 valence electrons. The Labute approximate surface area is 128 Å². The topological polar surface area (TPSA) is 62.0 Å². The van der Waals surface area contributed by atoms with E-state index in [0.29, 0.717) is 18.7 Å². The van der Waals surface area contributed by atoms with Gasteiger partial charge in [-0.05, 0) is 24.6 Å². The third-order valence-corrected chi connectivity index (χ3v) is 3.70. The second kappa shape index (κ2) is 6.27. The quantitative estimate of drug-likeness (QED) is 0.820. The average molecular weight is 307 g/mol. The molecule has 0 radical (unpaired) electrons. The Morgan fingerprint density at radius 2 is 2.09 bits per heavy atom. The number of Topliss-reactive ketones (excluding diaryl/α,β-unsaturated/α-hetero) is 1. The number of nitrogens with zero attached hydrogens (tertiary/aromatic N) is 1. The van der Waals surface area contributed by atoms with Crippen molar-refractivity contribution in [1.29, 1.82) is 0 Å². The fourth-order valence-corrected chi connectivity index (χ4v) is 2.61. The molecule has 1 atom stereocenters. The molecule has 6 heteroatoms. The minimum absolute atomic E-state index is 0.0318. The van der Waals surface area contributed by atoms with Gasteiger partial charge in [-0.15, -0.1) is 0 Å². The zero-order valence-electron chi connectivity index (χ0n) is 12.9. The van der Waals surface area contributed by atoms with Gasteiger partial charge in [0.05, 0.1) is 38.8 Å². The van der Waals surface area contributed by atoms with E-state index in [-0.39, 0.29) is 11.4 Å². The number of rotatable bonds is 5. The van der Waals surface area contributed by atoms with Crippen LogP contribution in [-0.4, -0.2) is 48.9 Å². The second-order valence-electron chi connectivity index (χ2n) is 5.73. The molecule has 2 N–H and O–H groups in total. The number of amides is 1. The number of aliphatic hydroxyl groups is 1. The molecule has 0 fully saturated rings. The van der Waals surface area contributed by atoms with Crippen LogP contribution in [0.15, 0.2) is 35.6 Å². The third-order valence-electron chi connectivity index (χ3n) is 3.70. The summed E-state index contributed by atoms with van der Waals surface area (Å²) in [4.78, 5) is 26.7. The largest absolute Gasteiger partial charge is 0.503 e. The standard InChI is InChI=1S/C16H19FN2O3/c1-10(20)13-14(11-5-4-6-12(17)9-11)19(8-7-18(2)3)16(22)15(13)21/h4-6,9,14,21H,7-8H2,1-3H3/p+1/t14-/m0/s1. The molecule has 1 aromatic carbocycles. The first-order chi connectivity index (χ1) is 10.3. The molecular weight excluding hydrogens is 287 g/mol. The zero-order chi connectivity index (χ0) is 16.4. The van der Waals surface area contributed by atoms with Gasteiger partial charge in [0.1, 0.15) is 5.82 Å². The third kappa shape index (κ3) is 3.01. The Balaban J connectivity index is 2.46. The number of ketones is 1. The van der Waals surface area contributed by atoms with Gasteiger partial charge in [0.2, 0.25) is 0 Å². The predicted molar refractivity (Wildman–Crippen MR) is 78.9 cm³/mol. The van der Waals surface area contributed by atoms with E-state index in [1.165, 1.54) is 30.0 Å². The van der Waals surface area contributed by atoms with Crippen molar-refractivity contribution in [3.8, 4) is 0 Å². The lowest BCUT2D eigenvalue weighted by atomic mass is 9.96. The molecule has 1 amide bonds. The van der Waals surface area contributed by atoms with Gasteiger partial charge in [0.25, 0.3) is 5.91 Å². The molecule has 0 aromatic heterocycles. The maximum Gasteiger partial charge on any atom is 0.290 e. The highest BCUT2D eigenvalue weighted by Crippen LogP contribution is 2.37. The van der Waals surface area contributed by atoms with Crippen molar-refractivity contribution in [2.75, 3.05) is 27.2 Å². The van der Waals surface area contributed by atoms with Gasteiger partial charge >= 0.3 is 0 Å². The van der Waals surface area contributed by atoms with Gasteiger partial charge < -0.3 is 14.9 Å². The molecule has 0 saturated heterocycles. The highest BCUT2D eigenvalue weighted by Gasteiger charge is 2.42. The second-order valence-corrected chi connectivity index (χ2v) is 5.73. The molecule has 1 heterocycles. The van der Waals surface area contributed by atoms with Gasteiger partial charge in [0.15, 0.2) is 11.5 Å². The first kappa shape index (κ1) is 16.2.